The molecule has 0 atom stereocenters. The standard InChI is InChI=1S/C14H22ClN3O/c1-3-4-8-18(2)9-7-14(19)17-11-5-6-12(15)13(16)10-11/h5-6,10H,3-4,7-9,16H2,1-2H3,(H,17,19). The van der Waals surface area contributed by atoms with Gasteiger partial charge in [0.05, 0.1) is 10.7 Å². The van der Waals surface area contributed by atoms with Gasteiger partial charge < -0.3 is 16.0 Å². The van der Waals surface area contributed by atoms with E-state index in [0.717, 1.165) is 19.5 Å². The van der Waals surface area contributed by atoms with Gasteiger partial charge in [0.2, 0.25) is 5.91 Å². The van der Waals surface area contributed by atoms with E-state index in [4.69, 9.17) is 17.3 Å². The molecule has 1 rings (SSSR count). The summed E-state index contributed by atoms with van der Waals surface area (Å²) in [5.74, 6) is -0.00919. The molecule has 0 aromatic heterocycles. The minimum atomic E-state index is -0.00919. The summed E-state index contributed by atoms with van der Waals surface area (Å²) in [6, 6.07) is 5.10. The third-order valence-electron chi connectivity index (χ3n) is 2.89. The second-order valence-corrected chi connectivity index (χ2v) is 5.10. The normalized spacial score (nSPS) is 10.7. The van der Waals surface area contributed by atoms with Crippen LogP contribution in [0.5, 0.6) is 0 Å². The summed E-state index contributed by atoms with van der Waals surface area (Å²) in [5.41, 5.74) is 6.84. The fraction of sp³-hybridized carbons (Fsp3) is 0.500. The number of anilines is 2. The molecule has 0 spiro atoms. The first kappa shape index (κ1) is 15.8. The van der Waals surface area contributed by atoms with Crippen molar-refractivity contribution in [2.45, 2.75) is 26.2 Å². The van der Waals surface area contributed by atoms with Crippen LogP contribution in [0.3, 0.4) is 0 Å². The van der Waals surface area contributed by atoms with Crippen LogP contribution in [-0.2, 0) is 4.79 Å². The van der Waals surface area contributed by atoms with Crippen molar-refractivity contribution in [2.24, 2.45) is 0 Å². The van der Waals surface area contributed by atoms with Crippen molar-refractivity contribution in [3.63, 3.8) is 0 Å². The van der Waals surface area contributed by atoms with Crippen LogP contribution in [0, 0.1) is 0 Å². The Balaban J connectivity index is 2.36. The highest BCUT2D eigenvalue weighted by Crippen LogP contribution is 2.22. The number of rotatable bonds is 7. The highest BCUT2D eigenvalue weighted by atomic mass is 35.5. The van der Waals surface area contributed by atoms with Crippen molar-refractivity contribution < 1.29 is 4.79 Å². The second-order valence-electron chi connectivity index (χ2n) is 4.69. The first-order chi connectivity index (χ1) is 9.02. The number of halogens is 1. The van der Waals surface area contributed by atoms with Crippen LogP contribution in [0.2, 0.25) is 5.02 Å². The largest absolute Gasteiger partial charge is 0.397 e. The highest BCUT2D eigenvalue weighted by Gasteiger charge is 2.06. The van der Waals surface area contributed by atoms with Gasteiger partial charge in [-0.1, -0.05) is 24.9 Å². The van der Waals surface area contributed by atoms with E-state index in [1.165, 1.54) is 6.42 Å². The Bertz CT molecular complexity index is 423. The Morgan fingerprint density at radius 1 is 1.42 bits per heavy atom. The summed E-state index contributed by atoms with van der Waals surface area (Å²) in [5, 5.41) is 3.31. The minimum Gasteiger partial charge on any atom is -0.397 e. The van der Waals surface area contributed by atoms with Gasteiger partial charge in [-0.15, -0.1) is 0 Å². The molecule has 0 bridgehead atoms. The van der Waals surface area contributed by atoms with Crippen LogP contribution in [0.25, 0.3) is 0 Å². The molecule has 0 heterocycles. The van der Waals surface area contributed by atoms with Crippen molar-refractivity contribution in [3.05, 3.63) is 23.2 Å². The van der Waals surface area contributed by atoms with Gasteiger partial charge in [-0.2, -0.15) is 0 Å². The van der Waals surface area contributed by atoms with Crippen molar-refractivity contribution in [1.29, 1.82) is 0 Å². The summed E-state index contributed by atoms with van der Waals surface area (Å²) < 4.78 is 0. The molecule has 1 aromatic rings. The predicted octanol–water partition coefficient (Wildman–Crippen LogP) is 2.98. The topological polar surface area (TPSA) is 58.4 Å². The molecule has 1 amide bonds. The summed E-state index contributed by atoms with van der Waals surface area (Å²) in [4.78, 5) is 13.9. The summed E-state index contributed by atoms with van der Waals surface area (Å²) in [6.07, 6.45) is 2.80. The SMILES string of the molecule is CCCCN(C)CCC(=O)Nc1ccc(Cl)c(N)c1. The van der Waals surface area contributed by atoms with Crippen LogP contribution in [0.1, 0.15) is 26.2 Å². The monoisotopic (exact) mass is 283 g/mol. The summed E-state index contributed by atoms with van der Waals surface area (Å²) in [7, 11) is 2.03. The average Bonchev–Trinajstić information content (AvgIpc) is 2.38. The Kier molecular flexibility index (Phi) is 6.67. The molecule has 0 aliphatic carbocycles. The van der Waals surface area contributed by atoms with Crippen LogP contribution < -0.4 is 11.1 Å². The quantitative estimate of drug-likeness (QED) is 0.757. The Labute approximate surface area is 119 Å². The maximum atomic E-state index is 11.8. The van der Waals surface area contributed by atoms with Gasteiger partial charge in [0, 0.05) is 18.7 Å². The number of amides is 1. The van der Waals surface area contributed by atoms with Crippen LogP contribution in [0.4, 0.5) is 11.4 Å². The number of carbonyl (C=O) groups excluding carboxylic acids is 1. The number of nitrogens with one attached hydrogen (secondary N) is 1. The maximum absolute atomic E-state index is 11.8. The molecule has 19 heavy (non-hydrogen) atoms. The molecule has 0 aliphatic heterocycles. The van der Waals surface area contributed by atoms with E-state index in [2.05, 4.69) is 17.1 Å². The molecular weight excluding hydrogens is 262 g/mol. The number of nitrogens with zero attached hydrogens (tertiary/aromatic N) is 1. The van der Waals surface area contributed by atoms with Gasteiger partial charge in [0.25, 0.3) is 0 Å². The summed E-state index contributed by atoms with van der Waals surface area (Å²) >= 11 is 5.82. The first-order valence-electron chi connectivity index (χ1n) is 6.56. The molecule has 0 fully saturated rings. The summed E-state index contributed by atoms with van der Waals surface area (Å²) in [6.45, 7) is 3.94. The number of benzene rings is 1. The number of nitrogens with two attached hydrogens (primary N) is 1. The lowest BCUT2D eigenvalue weighted by molar-refractivity contribution is -0.116. The fourth-order valence-corrected chi connectivity index (χ4v) is 1.79. The molecule has 0 unspecified atom stereocenters. The Morgan fingerprint density at radius 2 is 2.16 bits per heavy atom. The fourth-order valence-electron chi connectivity index (χ4n) is 1.68. The Morgan fingerprint density at radius 3 is 2.79 bits per heavy atom. The zero-order valence-electron chi connectivity index (χ0n) is 11.6. The third-order valence-corrected chi connectivity index (χ3v) is 3.24. The molecule has 106 valence electrons. The van der Waals surface area contributed by atoms with E-state index in [9.17, 15) is 4.79 Å². The molecule has 0 saturated heterocycles. The van der Waals surface area contributed by atoms with Crippen LogP contribution in [0.15, 0.2) is 18.2 Å². The van der Waals surface area contributed by atoms with Gasteiger partial charge >= 0.3 is 0 Å². The predicted molar refractivity (Wildman–Crippen MR) is 81.5 cm³/mol. The number of carbonyl (C=O) groups is 1. The van der Waals surface area contributed by atoms with Crippen LogP contribution >= 0.6 is 11.6 Å². The smallest absolute Gasteiger partial charge is 0.225 e. The maximum Gasteiger partial charge on any atom is 0.225 e. The number of nitrogen functional groups attached to an aromatic ring is 1. The van der Waals surface area contributed by atoms with E-state index in [1.54, 1.807) is 18.2 Å². The highest BCUT2D eigenvalue weighted by molar-refractivity contribution is 6.33. The van der Waals surface area contributed by atoms with Crippen molar-refractivity contribution in [1.82, 2.24) is 4.90 Å². The van der Waals surface area contributed by atoms with E-state index in [-0.39, 0.29) is 5.91 Å². The van der Waals surface area contributed by atoms with Crippen LogP contribution in [-0.4, -0.2) is 30.9 Å². The first-order valence-corrected chi connectivity index (χ1v) is 6.94. The molecule has 0 saturated carbocycles. The van der Waals surface area contributed by atoms with E-state index in [0.29, 0.717) is 22.8 Å². The number of hydrogen-bond donors (Lipinski definition) is 2. The number of hydrogen-bond acceptors (Lipinski definition) is 3. The molecule has 0 radical (unpaired) electrons. The van der Waals surface area contributed by atoms with Crippen molar-refractivity contribution >= 4 is 28.9 Å². The van der Waals surface area contributed by atoms with E-state index in [1.807, 2.05) is 7.05 Å². The molecule has 5 heteroatoms. The second kappa shape index (κ2) is 8.02. The lowest BCUT2D eigenvalue weighted by atomic mass is 10.2. The molecule has 0 aliphatic rings. The average molecular weight is 284 g/mol. The lowest BCUT2D eigenvalue weighted by Gasteiger charge is -2.15. The van der Waals surface area contributed by atoms with Crippen molar-refractivity contribution in [3.8, 4) is 0 Å². The number of unbranched alkanes of at least 4 members (excludes halogenated alkanes) is 1. The molecular formula is C14H22ClN3O. The van der Waals surface area contributed by atoms with Gasteiger partial charge in [-0.3, -0.25) is 4.79 Å². The molecule has 4 nitrogen and oxygen atoms in total. The van der Waals surface area contributed by atoms with Gasteiger partial charge in [-0.25, -0.2) is 0 Å². The van der Waals surface area contributed by atoms with E-state index >= 15 is 0 Å². The van der Waals surface area contributed by atoms with E-state index < -0.39 is 0 Å². The third kappa shape index (κ3) is 5.94. The molecule has 3 N–H and O–H groups in total. The molecule has 1 aromatic carbocycles. The lowest BCUT2D eigenvalue weighted by Crippen LogP contribution is -2.25. The van der Waals surface area contributed by atoms with Gasteiger partial charge in [-0.05, 0) is 38.2 Å². The zero-order valence-corrected chi connectivity index (χ0v) is 12.3. The Hall–Kier alpha value is -1.26. The zero-order chi connectivity index (χ0) is 14.3. The van der Waals surface area contributed by atoms with Gasteiger partial charge in [0.15, 0.2) is 0 Å². The van der Waals surface area contributed by atoms with Crippen molar-refractivity contribution in [2.75, 3.05) is 31.2 Å². The minimum absolute atomic E-state index is 0.00919. The van der Waals surface area contributed by atoms with Gasteiger partial charge in [0.1, 0.15) is 0 Å².